The van der Waals surface area contributed by atoms with Crippen LogP contribution in [0.5, 0.6) is 0 Å². The fourth-order valence-electron chi connectivity index (χ4n) is 1.46. The van der Waals surface area contributed by atoms with Gasteiger partial charge in [0.2, 0.25) is 0 Å². The van der Waals surface area contributed by atoms with Crippen LogP contribution in [0, 0.1) is 5.82 Å². The first-order chi connectivity index (χ1) is 8.92. The summed E-state index contributed by atoms with van der Waals surface area (Å²) in [6.07, 6.45) is 0.780. The Morgan fingerprint density at radius 1 is 1.32 bits per heavy atom. The molecule has 7 heteroatoms. The van der Waals surface area contributed by atoms with E-state index in [9.17, 15) is 12.8 Å². The molecule has 0 aliphatic rings. The van der Waals surface area contributed by atoms with E-state index in [1.807, 2.05) is 6.92 Å². The van der Waals surface area contributed by atoms with Gasteiger partial charge in [-0.05, 0) is 36.8 Å². The largest absolute Gasteiger partial charge is 0.279 e. The van der Waals surface area contributed by atoms with Gasteiger partial charge in [0.1, 0.15) is 10.0 Å². The van der Waals surface area contributed by atoms with Gasteiger partial charge < -0.3 is 0 Å². The Kier molecular flexibility index (Phi) is 4.13. The van der Waals surface area contributed by atoms with Crippen LogP contribution in [0.25, 0.3) is 0 Å². The van der Waals surface area contributed by atoms with E-state index >= 15 is 0 Å². The monoisotopic (exact) mass is 319 g/mol. The lowest BCUT2D eigenvalue weighted by Crippen LogP contribution is -2.11. The van der Waals surface area contributed by atoms with Gasteiger partial charge >= 0.3 is 0 Å². The number of sulfonamides is 1. The van der Waals surface area contributed by atoms with Crippen molar-refractivity contribution in [1.29, 1.82) is 0 Å². The minimum absolute atomic E-state index is 0.124. The van der Waals surface area contributed by atoms with E-state index in [4.69, 9.17) is 11.6 Å². The van der Waals surface area contributed by atoms with Crippen molar-refractivity contribution in [3.63, 3.8) is 0 Å². The molecule has 102 valence electrons. The highest BCUT2D eigenvalue weighted by Gasteiger charge is 2.17. The summed E-state index contributed by atoms with van der Waals surface area (Å²) in [6.45, 7) is 1.95. The van der Waals surface area contributed by atoms with Crippen molar-refractivity contribution in [2.75, 3.05) is 4.72 Å². The number of nitrogens with one attached hydrogen (secondary N) is 1. The lowest BCUT2D eigenvalue weighted by molar-refractivity contribution is 0.603. The van der Waals surface area contributed by atoms with E-state index in [0.717, 1.165) is 17.4 Å². The summed E-state index contributed by atoms with van der Waals surface area (Å²) in [5.74, 6) is -0.589. The lowest BCUT2D eigenvalue weighted by Gasteiger charge is -2.06. The quantitative estimate of drug-likeness (QED) is 0.929. The van der Waals surface area contributed by atoms with Gasteiger partial charge in [0.25, 0.3) is 10.0 Å². The van der Waals surface area contributed by atoms with Crippen LogP contribution in [0.4, 0.5) is 10.1 Å². The molecule has 1 aromatic carbocycles. The topological polar surface area (TPSA) is 46.2 Å². The van der Waals surface area contributed by atoms with Crippen LogP contribution in [-0.2, 0) is 16.4 Å². The molecular formula is C12H11ClFNO2S2. The Bertz CT molecular complexity index is 698. The third kappa shape index (κ3) is 3.26. The molecule has 2 aromatic rings. The standard InChI is InChI=1S/C12H11ClFNO2S2/c1-2-9-4-6-12(18-9)19(16,17)15-8-3-5-11(14)10(13)7-8/h3-7,15H,2H2,1H3. The molecule has 0 spiro atoms. The Labute approximate surface area is 120 Å². The summed E-state index contributed by atoms with van der Waals surface area (Å²) in [7, 11) is -3.64. The maximum Gasteiger partial charge on any atom is 0.271 e. The van der Waals surface area contributed by atoms with Crippen LogP contribution in [-0.4, -0.2) is 8.42 Å². The fourth-order valence-corrected chi connectivity index (χ4v) is 3.98. The fraction of sp³-hybridized carbons (Fsp3) is 0.167. The Morgan fingerprint density at radius 3 is 2.63 bits per heavy atom. The van der Waals surface area contributed by atoms with Crippen molar-refractivity contribution < 1.29 is 12.8 Å². The molecule has 1 N–H and O–H groups in total. The van der Waals surface area contributed by atoms with Crippen molar-refractivity contribution in [2.45, 2.75) is 17.6 Å². The summed E-state index contributed by atoms with van der Waals surface area (Å²) < 4.78 is 39.8. The predicted molar refractivity (Wildman–Crippen MR) is 75.9 cm³/mol. The van der Waals surface area contributed by atoms with E-state index in [0.29, 0.717) is 0 Å². The number of rotatable bonds is 4. The number of anilines is 1. The normalized spacial score (nSPS) is 11.5. The van der Waals surface area contributed by atoms with E-state index in [1.54, 1.807) is 12.1 Å². The van der Waals surface area contributed by atoms with Gasteiger partial charge in [-0.2, -0.15) is 0 Å². The van der Waals surface area contributed by atoms with Crippen molar-refractivity contribution >= 4 is 38.6 Å². The lowest BCUT2D eigenvalue weighted by atomic mass is 10.3. The second-order valence-corrected chi connectivity index (χ2v) is 7.29. The van der Waals surface area contributed by atoms with Crippen LogP contribution >= 0.6 is 22.9 Å². The van der Waals surface area contributed by atoms with Gasteiger partial charge in [-0.1, -0.05) is 18.5 Å². The molecule has 0 saturated carbocycles. The molecule has 0 radical (unpaired) electrons. The number of benzene rings is 1. The molecule has 1 aromatic heterocycles. The summed E-state index contributed by atoms with van der Waals surface area (Å²) in [6, 6.07) is 7.01. The van der Waals surface area contributed by atoms with Crippen LogP contribution in [0.15, 0.2) is 34.5 Å². The second kappa shape index (κ2) is 5.48. The van der Waals surface area contributed by atoms with E-state index in [2.05, 4.69) is 4.72 Å². The first kappa shape index (κ1) is 14.3. The Balaban J connectivity index is 2.28. The van der Waals surface area contributed by atoms with E-state index in [-0.39, 0.29) is 14.9 Å². The molecule has 0 amide bonds. The highest BCUT2D eigenvalue weighted by atomic mass is 35.5. The molecule has 0 atom stereocenters. The third-order valence-corrected chi connectivity index (χ3v) is 5.81. The van der Waals surface area contributed by atoms with Gasteiger partial charge in [-0.3, -0.25) is 4.72 Å². The highest BCUT2D eigenvalue weighted by Crippen LogP contribution is 2.26. The molecule has 1 heterocycles. The summed E-state index contributed by atoms with van der Waals surface area (Å²) in [5.41, 5.74) is 0.234. The number of halogens is 2. The first-order valence-electron chi connectivity index (χ1n) is 5.49. The van der Waals surface area contributed by atoms with Gasteiger partial charge in [0.05, 0.1) is 10.7 Å². The molecule has 0 saturated heterocycles. The maximum absolute atomic E-state index is 13.0. The SMILES string of the molecule is CCc1ccc(S(=O)(=O)Nc2ccc(F)c(Cl)c2)s1. The molecule has 0 fully saturated rings. The Hall–Kier alpha value is -1.11. The van der Waals surface area contributed by atoms with Crippen LogP contribution in [0.1, 0.15) is 11.8 Å². The van der Waals surface area contributed by atoms with Crippen molar-refractivity contribution in [1.82, 2.24) is 0 Å². The molecule has 0 bridgehead atoms. The average molecular weight is 320 g/mol. The third-order valence-electron chi connectivity index (χ3n) is 2.42. The van der Waals surface area contributed by atoms with Crippen molar-refractivity contribution in [2.24, 2.45) is 0 Å². The predicted octanol–water partition coefficient (Wildman–Crippen LogP) is 3.90. The number of thiophene rings is 1. The minimum atomic E-state index is -3.64. The zero-order chi connectivity index (χ0) is 14.0. The average Bonchev–Trinajstić information content (AvgIpc) is 2.83. The van der Waals surface area contributed by atoms with E-state index < -0.39 is 15.8 Å². The number of hydrogen-bond acceptors (Lipinski definition) is 3. The zero-order valence-corrected chi connectivity index (χ0v) is 12.4. The summed E-state index contributed by atoms with van der Waals surface area (Å²) in [5, 5.41) is -0.124. The second-order valence-electron chi connectivity index (χ2n) is 3.81. The smallest absolute Gasteiger partial charge is 0.271 e. The molecule has 0 aliphatic heterocycles. The van der Waals surface area contributed by atoms with Gasteiger partial charge in [-0.25, -0.2) is 12.8 Å². The molecule has 2 rings (SSSR count). The molecule has 3 nitrogen and oxygen atoms in total. The summed E-state index contributed by atoms with van der Waals surface area (Å²) >= 11 is 6.82. The molecule has 0 aliphatic carbocycles. The first-order valence-corrected chi connectivity index (χ1v) is 8.16. The Morgan fingerprint density at radius 2 is 2.05 bits per heavy atom. The van der Waals surface area contributed by atoms with Crippen molar-refractivity contribution in [3.05, 3.63) is 46.0 Å². The zero-order valence-electron chi connectivity index (χ0n) is 9.98. The number of aryl methyl sites for hydroxylation is 1. The molecule has 19 heavy (non-hydrogen) atoms. The van der Waals surface area contributed by atoms with Gasteiger partial charge in [0.15, 0.2) is 0 Å². The minimum Gasteiger partial charge on any atom is -0.279 e. The maximum atomic E-state index is 13.0. The van der Waals surface area contributed by atoms with Crippen LogP contribution in [0.2, 0.25) is 5.02 Å². The molecule has 0 unspecified atom stereocenters. The van der Waals surface area contributed by atoms with Gasteiger partial charge in [-0.15, -0.1) is 11.3 Å². The number of hydrogen-bond donors (Lipinski definition) is 1. The molecular weight excluding hydrogens is 309 g/mol. The van der Waals surface area contributed by atoms with Crippen LogP contribution < -0.4 is 4.72 Å². The van der Waals surface area contributed by atoms with Crippen LogP contribution in [0.3, 0.4) is 0 Å². The van der Waals surface area contributed by atoms with Gasteiger partial charge in [0, 0.05) is 4.88 Å². The van der Waals surface area contributed by atoms with E-state index in [1.165, 1.54) is 23.5 Å². The van der Waals surface area contributed by atoms with Crippen molar-refractivity contribution in [3.8, 4) is 0 Å². The highest BCUT2D eigenvalue weighted by molar-refractivity contribution is 7.94. The summed E-state index contributed by atoms with van der Waals surface area (Å²) in [4.78, 5) is 0.984.